The monoisotopic (exact) mass is 276 g/mol. The third-order valence-corrected chi connectivity index (χ3v) is 3.90. The number of benzene rings is 1. The Labute approximate surface area is 103 Å². The van der Waals surface area contributed by atoms with Crippen molar-refractivity contribution >= 4 is 26.8 Å². The van der Waals surface area contributed by atoms with Gasteiger partial charge in [-0.15, -0.1) is 0 Å². The molecule has 16 heavy (non-hydrogen) atoms. The zero-order valence-electron chi connectivity index (χ0n) is 8.91. The molecule has 1 fully saturated rings. The second-order valence-electron chi connectivity index (χ2n) is 4.23. The molecular weight excluding hydrogens is 264 g/mol. The summed E-state index contributed by atoms with van der Waals surface area (Å²) in [5.74, 6) is 0.639. The highest BCUT2D eigenvalue weighted by atomic mass is 79.9. The maximum absolute atomic E-state index is 4.45. The molecule has 0 saturated carbocycles. The fraction of sp³-hybridized carbons (Fsp3) is 0.308. The zero-order valence-corrected chi connectivity index (χ0v) is 10.5. The average Bonchev–Trinajstić information content (AvgIpc) is 2.82. The lowest BCUT2D eigenvalue weighted by Crippen LogP contribution is -2.08. The van der Waals surface area contributed by atoms with Gasteiger partial charge >= 0.3 is 0 Å². The lowest BCUT2D eigenvalue weighted by molar-refractivity contribution is 0.769. The number of hydrogen-bond donors (Lipinski definition) is 1. The zero-order chi connectivity index (χ0) is 11.0. The molecule has 1 N–H and O–H groups in total. The Balaban J connectivity index is 2.20. The molecule has 0 bridgehead atoms. The van der Waals surface area contributed by atoms with Gasteiger partial charge in [-0.1, -0.05) is 12.1 Å². The third-order valence-electron chi connectivity index (χ3n) is 3.26. The highest BCUT2D eigenvalue weighted by Crippen LogP contribution is 2.31. The molecule has 1 aliphatic heterocycles. The Morgan fingerprint density at radius 1 is 1.31 bits per heavy atom. The standard InChI is InChI=1S/C13H13BrN2/c14-12-3-1-2-11-10(5-7-16-13(11)12)9-4-6-15-8-9/h1-3,5,7,9,15H,4,6,8H2. The minimum absolute atomic E-state index is 0.639. The summed E-state index contributed by atoms with van der Waals surface area (Å²) in [6, 6.07) is 8.46. The van der Waals surface area contributed by atoms with E-state index >= 15 is 0 Å². The molecule has 1 aliphatic rings. The van der Waals surface area contributed by atoms with Crippen LogP contribution in [0.5, 0.6) is 0 Å². The normalized spacial score (nSPS) is 20.4. The van der Waals surface area contributed by atoms with Gasteiger partial charge in [0.2, 0.25) is 0 Å². The van der Waals surface area contributed by atoms with Crippen LogP contribution in [-0.2, 0) is 0 Å². The molecular formula is C13H13BrN2. The molecule has 0 spiro atoms. The molecule has 3 rings (SSSR count). The van der Waals surface area contributed by atoms with Crippen LogP contribution in [-0.4, -0.2) is 18.1 Å². The Morgan fingerprint density at radius 3 is 3.06 bits per heavy atom. The van der Waals surface area contributed by atoms with Crippen LogP contribution < -0.4 is 5.32 Å². The van der Waals surface area contributed by atoms with Crippen LogP contribution in [0.1, 0.15) is 17.9 Å². The van der Waals surface area contributed by atoms with Crippen LogP contribution in [0.2, 0.25) is 0 Å². The summed E-state index contributed by atoms with van der Waals surface area (Å²) in [7, 11) is 0. The number of aromatic nitrogens is 1. The van der Waals surface area contributed by atoms with Crippen molar-refractivity contribution in [2.75, 3.05) is 13.1 Å². The fourth-order valence-corrected chi connectivity index (χ4v) is 2.91. The maximum atomic E-state index is 4.45. The van der Waals surface area contributed by atoms with Crippen molar-refractivity contribution in [3.05, 3.63) is 40.5 Å². The number of nitrogens with zero attached hydrogens (tertiary/aromatic N) is 1. The van der Waals surface area contributed by atoms with Gasteiger partial charge in [-0.25, -0.2) is 0 Å². The van der Waals surface area contributed by atoms with E-state index in [1.165, 1.54) is 17.4 Å². The van der Waals surface area contributed by atoms with Crippen LogP contribution in [0, 0.1) is 0 Å². The maximum Gasteiger partial charge on any atom is 0.0846 e. The quantitative estimate of drug-likeness (QED) is 0.866. The molecule has 1 aromatic carbocycles. The van der Waals surface area contributed by atoms with Gasteiger partial charge in [0, 0.05) is 22.6 Å². The molecule has 1 unspecified atom stereocenters. The molecule has 2 heterocycles. The summed E-state index contributed by atoms with van der Waals surface area (Å²) in [5.41, 5.74) is 2.50. The van der Waals surface area contributed by atoms with E-state index in [0.717, 1.165) is 23.1 Å². The summed E-state index contributed by atoms with van der Waals surface area (Å²) >= 11 is 3.56. The topological polar surface area (TPSA) is 24.9 Å². The minimum atomic E-state index is 0.639. The van der Waals surface area contributed by atoms with Crippen molar-refractivity contribution < 1.29 is 0 Å². The van der Waals surface area contributed by atoms with Gasteiger partial charge in [0.15, 0.2) is 0 Å². The second kappa shape index (κ2) is 4.15. The fourth-order valence-electron chi connectivity index (χ4n) is 2.44. The van der Waals surface area contributed by atoms with Gasteiger partial charge in [0.25, 0.3) is 0 Å². The van der Waals surface area contributed by atoms with Crippen molar-refractivity contribution in [1.29, 1.82) is 0 Å². The summed E-state index contributed by atoms with van der Waals surface area (Å²) in [6.07, 6.45) is 3.15. The largest absolute Gasteiger partial charge is 0.316 e. The number of hydrogen-bond acceptors (Lipinski definition) is 2. The van der Waals surface area contributed by atoms with Gasteiger partial charge in [0.05, 0.1) is 5.52 Å². The van der Waals surface area contributed by atoms with Crippen LogP contribution in [0.15, 0.2) is 34.9 Å². The summed E-state index contributed by atoms with van der Waals surface area (Å²) in [5, 5.41) is 4.70. The average molecular weight is 277 g/mol. The number of para-hydroxylation sites is 1. The first-order valence-corrected chi connectivity index (χ1v) is 6.39. The van der Waals surface area contributed by atoms with Gasteiger partial charge in [0.1, 0.15) is 0 Å². The molecule has 0 amide bonds. The number of halogens is 1. The van der Waals surface area contributed by atoms with Crippen molar-refractivity contribution in [1.82, 2.24) is 10.3 Å². The summed E-state index contributed by atoms with van der Waals surface area (Å²) in [6.45, 7) is 2.22. The first-order chi connectivity index (χ1) is 7.86. The summed E-state index contributed by atoms with van der Waals surface area (Å²) < 4.78 is 1.08. The molecule has 82 valence electrons. The van der Waals surface area contributed by atoms with Crippen molar-refractivity contribution in [2.45, 2.75) is 12.3 Å². The van der Waals surface area contributed by atoms with Crippen LogP contribution >= 0.6 is 15.9 Å². The Kier molecular flexibility index (Phi) is 2.65. The first kappa shape index (κ1) is 10.2. The van der Waals surface area contributed by atoms with Crippen LogP contribution in [0.25, 0.3) is 10.9 Å². The van der Waals surface area contributed by atoms with E-state index in [2.05, 4.69) is 44.4 Å². The van der Waals surface area contributed by atoms with Crippen LogP contribution in [0.4, 0.5) is 0 Å². The lowest BCUT2D eigenvalue weighted by Gasteiger charge is -2.12. The molecule has 1 atom stereocenters. The second-order valence-corrected chi connectivity index (χ2v) is 5.08. The van der Waals surface area contributed by atoms with Gasteiger partial charge in [-0.3, -0.25) is 4.98 Å². The lowest BCUT2D eigenvalue weighted by atomic mass is 9.95. The Morgan fingerprint density at radius 2 is 2.25 bits per heavy atom. The third kappa shape index (κ3) is 1.64. The molecule has 0 radical (unpaired) electrons. The van der Waals surface area contributed by atoms with E-state index in [0.29, 0.717) is 5.92 Å². The number of rotatable bonds is 1. The highest BCUT2D eigenvalue weighted by molar-refractivity contribution is 9.10. The van der Waals surface area contributed by atoms with Gasteiger partial charge in [-0.2, -0.15) is 0 Å². The Hall–Kier alpha value is -0.930. The number of fused-ring (bicyclic) bond motifs is 1. The highest BCUT2D eigenvalue weighted by Gasteiger charge is 2.19. The van der Waals surface area contributed by atoms with Gasteiger partial charge < -0.3 is 5.32 Å². The predicted molar refractivity (Wildman–Crippen MR) is 69.7 cm³/mol. The smallest absolute Gasteiger partial charge is 0.0846 e. The molecule has 1 saturated heterocycles. The van der Waals surface area contributed by atoms with E-state index < -0.39 is 0 Å². The molecule has 1 aromatic heterocycles. The van der Waals surface area contributed by atoms with E-state index in [-0.39, 0.29) is 0 Å². The van der Waals surface area contributed by atoms with Crippen LogP contribution in [0.3, 0.4) is 0 Å². The molecule has 0 aliphatic carbocycles. The van der Waals surface area contributed by atoms with E-state index in [4.69, 9.17) is 0 Å². The van der Waals surface area contributed by atoms with E-state index in [1.54, 1.807) is 0 Å². The van der Waals surface area contributed by atoms with Gasteiger partial charge in [-0.05, 0) is 52.5 Å². The summed E-state index contributed by atoms with van der Waals surface area (Å²) in [4.78, 5) is 4.45. The molecule has 2 nitrogen and oxygen atoms in total. The SMILES string of the molecule is Brc1cccc2c(C3CCNC3)ccnc12. The number of nitrogens with one attached hydrogen (secondary N) is 1. The predicted octanol–water partition coefficient (Wildman–Crippen LogP) is 3.07. The number of pyridine rings is 1. The Bertz CT molecular complexity index is 518. The molecule has 2 aromatic rings. The first-order valence-electron chi connectivity index (χ1n) is 5.60. The molecule has 3 heteroatoms. The van der Waals surface area contributed by atoms with Crippen molar-refractivity contribution in [3.8, 4) is 0 Å². The van der Waals surface area contributed by atoms with Crippen molar-refractivity contribution in [2.24, 2.45) is 0 Å². The van der Waals surface area contributed by atoms with Crippen molar-refractivity contribution in [3.63, 3.8) is 0 Å². The van der Waals surface area contributed by atoms with E-state index in [1.807, 2.05) is 12.3 Å². The van der Waals surface area contributed by atoms with E-state index in [9.17, 15) is 0 Å². The minimum Gasteiger partial charge on any atom is -0.316 e.